The molecule has 21 heavy (non-hydrogen) atoms. The van der Waals surface area contributed by atoms with Crippen molar-refractivity contribution in [2.45, 2.75) is 13.5 Å². The largest absolute Gasteiger partial charge is 0.383 e. The van der Waals surface area contributed by atoms with Gasteiger partial charge in [0.1, 0.15) is 11.5 Å². The number of benzene rings is 1. The molecule has 0 spiro atoms. The summed E-state index contributed by atoms with van der Waals surface area (Å²) in [6.07, 6.45) is 3.54. The van der Waals surface area contributed by atoms with Gasteiger partial charge in [0.15, 0.2) is 5.82 Å². The molecule has 0 aliphatic carbocycles. The molecule has 0 fully saturated rings. The Hall–Kier alpha value is -1.96. The smallest absolute Gasteiger partial charge is 0.180 e. The lowest BCUT2D eigenvalue weighted by molar-refractivity contribution is 0.764. The number of hydrogen-bond donors (Lipinski definition) is 1. The van der Waals surface area contributed by atoms with Gasteiger partial charge < -0.3 is 10.3 Å². The maximum atomic E-state index is 6.07. The summed E-state index contributed by atoms with van der Waals surface area (Å²) < 4.78 is 2.86. The van der Waals surface area contributed by atoms with Crippen LogP contribution in [0, 0.1) is 3.57 Å². The summed E-state index contributed by atoms with van der Waals surface area (Å²) in [4.78, 5) is 13.3. The summed E-state index contributed by atoms with van der Waals surface area (Å²) in [6.45, 7) is 2.87. The second-order valence-electron chi connectivity index (χ2n) is 4.53. The third kappa shape index (κ3) is 2.63. The molecular formula is C15H14IN5. The summed E-state index contributed by atoms with van der Waals surface area (Å²) in [5.41, 5.74) is 8.82. The monoisotopic (exact) mass is 391 g/mol. The number of nitrogen functional groups attached to an aromatic ring is 1. The van der Waals surface area contributed by atoms with Crippen molar-refractivity contribution in [3.63, 3.8) is 0 Å². The minimum atomic E-state index is 0.489. The van der Waals surface area contributed by atoms with Crippen molar-refractivity contribution >= 4 is 28.4 Å². The number of imidazole rings is 1. The highest BCUT2D eigenvalue weighted by Gasteiger charge is 2.15. The van der Waals surface area contributed by atoms with Gasteiger partial charge in [0.25, 0.3) is 0 Å². The molecule has 5 nitrogen and oxygen atoms in total. The van der Waals surface area contributed by atoms with Crippen LogP contribution in [0.15, 0.2) is 42.9 Å². The van der Waals surface area contributed by atoms with E-state index >= 15 is 0 Å². The van der Waals surface area contributed by atoms with Crippen molar-refractivity contribution in [3.05, 3.63) is 46.4 Å². The number of halogens is 1. The number of rotatable bonds is 3. The van der Waals surface area contributed by atoms with Gasteiger partial charge >= 0.3 is 0 Å². The first kappa shape index (κ1) is 14.0. The van der Waals surface area contributed by atoms with E-state index in [2.05, 4.69) is 39.5 Å². The zero-order valence-corrected chi connectivity index (χ0v) is 13.7. The minimum Gasteiger partial charge on any atom is -0.383 e. The van der Waals surface area contributed by atoms with Crippen molar-refractivity contribution in [1.29, 1.82) is 0 Å². The first-order valence-electron chi connectivity index (χ1n) is 6.59. The summed E-state index contributed by atoms with van der Waals surface area (Å²) in [5, 5.41) is 0. The summed E-state index contributed by atoms with van der Waals surface area (Å²) >= 11 is 2.19. The topological polar surface area (TPSA) is 69.6 Å². The fourth-order valence-corrected chi connectivity index (χ4v) is 2.68. The number of hydrogen-bond acceptors (Lipinski definition) is 4. The highest BCUT2D eigenvalue weighted by atomic mass is 127. The van der Waals surface area contributed by atoms with E-state index in [1.54, 1.807) is 12.5 Å². The lowest BCUT2D eigenvalue weighted by atomic mass is 10.1. The molecule has 106 valence electrons. The molecule has 6 heteroatoms. The first-order valence-corrected chi connectivity index (χ1v) is 7.67. The molecule has 0 aliphatic rings. The van der Waals surface area contributed by atoms with Crippen LogP contribution < -0.4 is 5.73 Å². The van der Waals surface area contributed by atoms with Crippen LogP contribution in [0.3, 0.4) is 0 Å². The van der Waals surface area contributed by atoms with E-state index < -0.39 is 0 Å². The molecule has 0 radical (unpaired) electrons. The highest BCUT2D eigenvalue weighted by Crippen LogP contribution is 2.29. The van der Waals surface area contributed by atoms with Crippen LogP contribution in [0.25, 0.3) is 22.8 Å². The van der Waals surface area contributed by atoms with Crippen molar-refractivity contribution in [2.75, 3.05) is 5.73 Å². The van der Waals surface area contributed by atoms with E-state index in [4.69, 9.17) is 10.7 Å². The molecule has 2 heterocycles. The summed E-state index contributed by atoms with van der Waals surface area (Å²) in [6, 6.07) is 9.99. The van der Waals surface area contributed by atoms with E-state index in [0.29, 0.717) is 11.6 Å². The molecule has 0 unspecified atom stereocenters. The van der Waals surface area contributed by atoms with Crippen LogP contribution in [-0.4, -0.2) is 19.5 Å². The van der Waals surface area contributed by atoms with Gasteiger partial charge in [-0.15, -0.1) is 0 Å². The van der Waals surface area contributed by atoms with Gasteiger partial charge in [-0.05, 0) is 29.5 Å². The van der Waals surface area contributed by atoms with Gasteiger partial charge in [0.05, 0.1) is 21.8 Å². The average molecular weight is 391 g/mol. The van der Waals surface area contributed by atoms with Crippen molar-refractivity contribution < 1.29 is 0 Å². The predicted octanol–water partition coefficient (Wildman–Crippen LogP) is 3.21. The second-order valence-corrected chi connectivity index (χ2v) is 5.60. The molecule has 0 saturated carbocycles. The van der Waals surface area contributed by atoms with Crippen LogP contribution >= 0.6 is 22.6 Å². The molecule has 0 amide bonds. The molecule has 0 aliphatic heterocycles. The Morgan fingerprint density at radius 2 is 1.95 bits per heavy atom. The van der Waals surface area contributed by atoms with Crippen LogP contribution in [0.4, 0.5) is 5.82 Å². The zero-order chi connectivity index (χ0) is 14.8. The Morgan fingerprint density at radius 1 is 1.19 bits per heavy atom. The van der Waals surface area contributed by atoms with Crippen LogP contribution in [0.2, 0.25) is 0 Å². The Balaban J connectivity index is 2.19. The van der Waals surface area contributed by atoms with E-state index in [1.165, 1.54) is 0 Å². The minimum absolute atomic E-state index is 0.489. The van der Waals surface area contributed by atoms with Gasteiger partial charge in [0.2, 0.25) is 0 Å². The molecule has 3 aromatic rings. The molecule has 2 aromatic heterocycles. The maximum absolute atomic E-state index is 6.07. The number of nitrogens with zero attached hydrogens (tertiary/aromatic N) is 4. The normalized spacial score (nSPS) is 10.8. The average Bonchev–Trinajstić information content (AvgIpc) is 2.99. The van der Waals surface area contributed by atoms with Gasteiger partial charge in [-0.3, -0.25) is 0 Å². The van der Waals surface area contributed by atoms with Crippen LogP contribution in [0.1, 0.15) is 6.92 Å². The number of nitrogens with two attached hydrogens (primary N) is 1. The van der Waals surface area contributed by atoms with Crippen molar-refractivity contribution in [1.82, 2.24) is 19.5 Å². The Kier molecular flexibility index (Phi) is 3.87. The van der Waals surface area contributed by atoms with Gasteiger partial charge in [-0.25, -0.2) is 15.0 Å². The molecular weight excluding hydrogens is 377 g/mol. The molecule has 0 bridgehead atoms. The first-order chi connectivity index (χ1) is 10.2. The van der Waals surface area contributed by atoms with E-state index in [-0.39, 0.29) is 0 Å². The molecule has 1 aromatic carbocycles. The van der Waals surface area contributed by atoms with Crippen molar-refractivity contribution in [3.8, 4) is 22.8 Å². The van der Waals surface area contributed by atoms with Gasteiger partial charge in [-0.1, -0.05) is 30.3 Å². The number of aromatic nitrogens is 4. The second kappa shape index (κ2) is 5.80. The molecule has 0 atom stereocenters. The van der Waals surface area contributed by atoms with Gasteiger partial charge in [-0.2, -0.15) is 0 Å². The number of aryl methyl sites for hydroxylation is 1. The molecule has 2 N–H and O–H groups in total. The van der Waals surface area contributed by atoms with E-state index in [1.807, 2.05) is 34.9 Å². The zero-order valence-electron chi connectivity index (χ0n) is 11.5. The van der Waals surface area contributed by atoms with E-state index in [0.717, 1.165) is 27.1 Å². The van der Waals surface area contributed by atoms with Gasteiger partial charge in [0, 0.05) is 12.1 Å². The highest BCUT2D eigenvalue weighted by molar-refractivity contribution is 14.1. The van der Waals surface area contributed by atoms with Crippen LogP contribution in [0.5, 0.6) is 0 Å². The molecule has 0 saturated heterocycles. The Morgan fingerprint density at radius 3 is 2.67 bits per heavy atom. The third-order valence-corrected chi connectivity index (χ3v) is 4.27. The maximum Gasteiger partial charge on any atom is 0.180 e. The van der Waals surface area contributed by atoms with Crippen molar-refractivity contribution in [2.24, 2.45) is 0 Å². The van der Waals surface area contributed by atoms with Crippen LogP contribution in [-0.2, 0) is 6.54 Å². The number of anilines is 1. The fourth-order valence-electron chi connectivity index (χ4n) is 2.13. The quantitative estimate of drug-likeness (QED) is 0.697. The lowest BCUT2D eigenvalue weighted by Gasteiger charge is -2.10. The third-order valence-electron chi connectivity index (χ3n) is 3.21. The lowest BCUT2D eigenvalue weighted by Crippen LogP contribution is -2.05. The molecule has 3 rings (SSSR count). The Bertz CT molecular complexity index is 767. The summed E-state index contributed by atoms with van der Waals surface area (Å²) in [7, 11) is 0. The fraction of sp³-hybridized carbons (Fsp3) is 0.133. The standard InChI is InChI=1S/C15H14IN5/c1-2-21-9-18-8-11(21)15-19-13(12(16)14(17)20-15)10-6-4-3-5-7-10/h3-9H,2H2,1H3,(H2,17,19,20). The Labute approximate surface area is 136 Å². The van der Waals surface area contributed by atoms with E-state index in [9.17, 15) is 0 Å². The summed E-state index contributed by atoms with van der Waals surface area (Å²) in [5.74, 6) is 1.09. The SMILES string of the molecule is CCn1cncc1-c1nc(N)c(I)c(-c2ccccc2)n1. The predicted molar refractivity (Wildman–Crippen MR) is 91.5 cm³/mol.